The normalized spacial score (nSPS) is 14.3. The van der Waals surface area contributed by atoms with Gasteiger partial charge in [-0.1, -0.05) is 63.1 Å². The molecule has 0 aliphatic heterocycles. The number of hydrogen-bond acceptors (Lipinski definition) is 1. The molecule has 0 aliphatic rings. The van der Waals surface area contributed by atoms with Crippen LogP contribution in [0.4, 0.5) is 0 Å². The van der Waals surface area contributed by atoms with Gasteiger partial charge in [0.15, 0.2) is 0 Å². The molecule has 0 saturated carbocycles. The molecular formula is C20H30O. The molecule has 0 N–H and O–H groups in total. The van der Waals surface area contributed by atoms with Crippen LogP contribution in [0.15, 0.2) is 72.3 Å². The average Bonchev–Trinajstić information content (AvgIpc) is 2.50. The molecule has 1 nitrogen and oxygen atoms in total. The molecule has 0 saturated heterocycles. The third-order valence-corrected chi connectivity index (χ3v) is 2.62. The Morgan fingerprint density at radius 2 is 1.19 bits per heavy atom. The molecule has 0 amide bonds. The molecule has 0 radical (unpaired) electrons. The van der Waals surface area contributed by atoms with Crippen LogP contribution in [0.1, 0.15) is 53.4 Å². The highest BCUT2D eigenvalue weighted by Gasteiger charge is 1.96. The fourth-order valence-electron chi connectivity index (χ4n) is 1.50. The Kier molecular flexibility index (Phi) is 13.4. The van der Waals surface area contributed by atoms with Crippen molar-refractivity contribution < 1.29 is 4.74 Å². The zero-order valence-electron chi connectivity index (χ0n) is 14.0. The Morgan fingerprint density at radius 1 is 0.762 bits per heavy atom. The zero-order valence-corrected chi connectivity index (χ0v) is 14.0. The summed E-state index contributed by atoms with van der Waals surface area (Å²) >= 11 is 0. The van der Waals surface area contributed by atoms with E-state index < -0.39 is 0 Å². The highest BCUT2D eigenvalue weighted by molar-refractivity contribution is 5.25. The van der Waals surface area contributed by atoms with Gasteiger partial charge in [-0.3, -0.25) is 0 Å². The topological polar surface area (TPSA) is 9.23 Å². The van der Waals surface area contributed by atoms with Gasteiger partial charge in [0.1, 0.15) is 11.5 Å². The zero-order chi connectivity index (χ0) is 15.8. The Bertz CT molecular complexity index is 377. The van der Waals surface area contributed by atoms with Gasteiger partial charge < -0.3 is 4.74 Å². The fraction of sp³-hybridized carbons (Fsp3) is 0.400. The molecule has 0 atom stereocenters. The van der Waals surface area contributed by atoms with Gasteiger partial charge in [0.25, 0.3) is 0 Å². The lowest BCUT2D eigenvalue weighted by atomic mass is 10.2. The van der Waals surface area contributed by atoms with Gasteiger partial charge in [-0.25, -0.2) is 0 Å². The fourth-order valence-corrected chi connectivity index (χ4v) is 1.50. The van der Waals surface area contributed by atoms with Gasteiger partial charge >= 0.3 is 0 Å². The predicted octanol–water partition coefficient (Wildman–Crippen LogP) is 6.64. The largest absolute Gasteiger partial charge is 0.457 e. The van der Waals surface area contributed by atoms with Gasteiger partial charge in [0.05, 0.1) is 0 Å². The summed E-state index contributed by atoms with van der Waals surface area (Å²) in [6, 6.07) is 0. The van der Waals surface area contributed by atoms with Crippen LogP contribution < -0.4 is 0 Å². The van der Waals surface area contributed by atoms with E-state index in [0.29, 0.717) is 0 Å². The molecule has 0 spiro atoms. The number of rotatable bonds is 10. The van der Waals surface area contributed by atoms with Crippen molar-refractivity contribution in [2.45, 2.75) is 53.4 Å². The van der Waals surface area contributed by atoms with Crippen LogP contribution in [0.2, 0.25) is 0 Å². The maximum absolute atomic E-state index is 5.99. The summed E-state index contributed by atoms with van der Waals surface area (Å²) in [6.07, 6.45) is 24.8. The van der Waals surface area contributed by atoms with Crippen molar-refractivity contribution in [2.24, 2.45) is 0 Å². The second-order valence-electron chi connectivity index (χ2n) is 4.67. The van der Waals surface area contributed by atoms with Gasteiger partial charge in [0.2, 0.25) is 0 Å². The molecule has 0 aliphatic carbocycles. The summed E-state index contributed by atoms with van der Waals surface area (Å²) in [5, 5.41) is 0. The molecule has 1 heteroatoms. The molecule has 0 aromatic rings. The minimum atomic E-state index is 0.860. The summed E-state index contributed by atoms with van der Waals surface area (Å²) < 4.78 is 5.99. The van der Waals surface area contributed by atoms with Gasteiger partial charge in [-0.15, -0.1) is 0 Å². The lowest BCUT2D eigenvalue weighted by Gasteiger charge is -2.07. The third-order valence-electron chi connectivity index (χ3n) is 2.62. The Hall–Kier alpha value is -1.76. The van der Waals surface area contributed by atoms with E-state index in [1.807, 2.05) is 62.5 Å². The van der Waals surface area contributed by atoms with Crippen molar-refractivity contribution >= 4 is 0 Å². The van der Waals surface area contributed by atoms with Gasteiger partial charge in [-0.05, 0) is 51.0 Å². The van der Waals surface area contributed by atoms with E-state index in [1.54, 1.807) is 0 Å². The molecule has 0 bridgehead atoms. The van der Waals surface area contributed by atoms with Crippen molar-refractivity contribution in [3.8, 4) is 0 Å². The summed E-state index contributed by atoms with van der Waals surface area (Å²) in [4.78, 5) is 0. The van der Waals surface area contributed by atoms with Crippen LogP contribution >= 0.6 is 0 Å². The van der Waals surface area contributed by atoms with E-state index in [9.17, 15) is 0 Å². The van der Waals surface area contributed by atoms with E-state index >= 15 is 0 Å². The molecule has 116 valence electrons. The van der Waals surface area contributed by atoms with Crippen LogP contribution in [0.5, 0.6) is 0 Å². The second kappa shape index (κ2) is 14.6. The maximum Gasteiger partial charge on any atom is 0.127 e. The van der Waals surface area contributed by atoms with Crippen LogP contribution in [-0.2, 0) is 4.74 Å². The monoisotopic (exact) mass is 286 g/mol. The quantitative estimate of drug-likeness (QED) is 0.323. The minimum absolute atomic E-state index is 0.860. The van der Waals surface area contributed by atoms with E-state index in [4.69, 9.17) is 4.74 Å². The van der Waals surface area contributed by atoms with Gasteiger partial charge in [-0.2, -0.15) is 0 Å². The minimum Gasteiger partial charge on any atom is -0.457 e. The number of ether oxygens (including phenoxy) is 1. The molecule has 0 rings (SSSR count). The Balaban J connectivity index is 5.01. The molecule has 0 unspecified atom stereocenters. The van der Waals surface area contributed by atoms with Crippen LogP contribution in [-0.4, -0.2) is 0 Å². The van der Waals surface area contributed by atoms with Crippen LogP contribution in [0.25, 0.3) is 0 Å². The number of allylic oxidation sites excluding steroid dienone is 10. The van der Waals surface area contributed by atoms with Crippen molar-refractivity contribution in [3.63, 3.8) is 0 Å². The maximum atomic E-state index is 5.99. The van der Waals surface area contributed by atoms with Crippen LogP contribution in [0, 0.1) is 0 Å². The standard InChI is InChI=1S/C20H30O/c1-5-9-13-17-19(15-11-7-3)21-20(16-12-8-4)18-14-10-6-2/h7-8,11-18H,5-6,9-10H2,1-4H3. The first-order valence-corrected chi connectivity index (χ1v) is 7.95. The smallest absolute Gasteiger partial charge is 0.127 e. The van der Waals surface area contributed by atoms with Gasteiger partial charge in [0, 0.05) is 0 Å². The molecule has 0 fully saturated rings. The van der Waals surface area contributed by atoms with E-state index in [1.165, 1.54) is 0 Å². The average molecular weight is 286 g/mol. The van der Waals surface area contributed by atoms with E-state index in [0.717, 1.165) is 37.2 Å². The first-order chi connectivity index (χ1) is 10.3. The first kappa shape index (κ1) is 19.2. The van der Waals surface area contributed by atoms with E-state index in [-0.39, 0.29) is 0 Å². The molecule has 21 heavy (non-hydrogen) atoms. The summed E-state index contributed by atoms with van der Waals surface area (Å²) in [6.45, 7) is 8.35. The van der Waals surface area contributed by atoms with E-state index in [2.05, 4.69) is 26.0 Å². The SMILES string of the molecule is CC=CC=C(C=CCCC)OC(C=CCCC)=CC=CC. The summed E-state index contributed by atoms with van der Waals surface area (Å²) in [7, 11) is 0. The number of hydrogen-bond donors (Lipinski definition) is 0. The summed E-state index contributed by atoms with van der Waals surface area (Å²) in [5.41, 5.74) is 0. The Morgan fingerprint density at radius 3 is 1.52 bits per heavy atom. The first-order valence-electron chi connectivity index (χ1n) is 7.95. The highest BCUT2D eigenvalue weighted by atomic mass is 16.5. The van der Waals surface area contributed by atoms with Crippen molar-refractivity contribution in [3.05, 3.63) is 72.3 Å². The highest BCUT2D eigenvalue weighted by Crippen LogP contribution is 2.12. The molecule has 0 aromatic heterocycles. The lowest BCUT2D eigenvalue weighted by Crippen LogP contribution is -1.89. The molecule has 0 heterocycles. The molecular weight excluding hydrogens is 256 g/mol. The Labute approximate surface area is 131 Å². The second-order valence-corrected chi connectivity index (χ2v) is 4.67. The summed E-state index contributed by atoms with van der Waals surface area (Å²) in [5.74, 6) is 1.72. The molecule has 0 aromatic carbocycles. The van der Waals surface area contributed by atoms with Crippen molar-refractivity contribution in [1.82, 2.24) is 0 Å². The number of unbranched alkanes of at least 4 members (excludes halogenated alkanes) is 2. The lowest BCUT2D eigenvalue weighted by molar-refractivity contribution is 0.336. The predicted molar refractivity (Wildman–Crippen MR) is 95.0 cm³/mol. The third kappa shape index (κ3) is 11.7. The van der Waals surface area contributed by atoms with Crippen LogP contribution in [0.3, 0.4) is 0 Å². The van der Waals surface area contributed by atoms with Crippen molar-refractivity contribution in [1.29, 1.82) is 0 Å². The van der Waals surface area contributed by atoms with Crippen molar-refractivity contribution in [2.75, 3.05) is 0 Å².